The lowest BCUT2D eigenvalue weighted by atomic mass is 9.96. The maximum absolute atomic E-state index is 11.3. The van der Waals surface area contributed by atoms with Crippen molar-refractivity contribution in [2.75, 3.05) is 13.2 Å². The van der Waals surface area contributed by atoms with Crippen molar-refractivity contribution in [2.45, 2.75) is 17.1 Å². The first-order chi connectivity index (χ1) is 5.22. The molecule has 64 valence electrons. The summed E-state index contributed by atoms with van der Waals surface area (Å²) in [7, 11) is 0. The Bertz CT molecular complexity index is 143. The van der Waals surface area contributed by atoms with Crippen molar-refractivity contribution in [3.8, 4) is 0 Å². The third kappa shape index (κ3) is 2.73. The van der Waals surface area contributed by atoms with Gasteiger partial charge in [-0.1, -0.05) is 15.9 Å². The number of carbonyl (C=O) groups excluding carboxylic acids is 1. The van der Waals surface area contributed by atoms with Gasteiger partial charge < -0.3 is 4.74 Å². The van der Waals surface area contributed by atoms with Gasteiger partial charge in [0.1, 0.15) is 4.29 Å². The van der Waals surface area contributed by atoms with Crippen molar-refractivity contribution in [2.24, 2.45) is 5.92 Å². The fraction of sp³-hybridized carbons (Fsp3) is 0.857. The summed E-state index contributed by atoms with van der Waals surface area (Å²) in [6, 6.07) is 0. The van der Waals surface area contributed by atoms with Crippen molar-refractivity contribution in [3.05, 3.63) is 0 Å². The summed E-state index contributed by atoms with van der Waals surface area (Å²) >= 11 is 8.64. The van der Waals surface area contributed by atoms with Crippen molar-refractivity contribution in [3.63, 3.8) is 0 Å². The highest BCUT2D eigenvalue weighted by Gasteiger charge is 2.25. The Morgan fingerprint density at radius 3 is 2.55 bits per heavy atom. The molecule has 2 nitrogen and oxygen atoms in total. The number of hydrogen-bond acceptors (Lipinski definition) is 2. The molecular formula is C7H10BrClO2. The monoisotopic (exact) mass is 240 g/mol. The fourth-order valence-corrected chi connectivity index (χ4v) is 1.71. The maximum Gasteiger partial charge on any atom is 0.164 e. The molecule has 0 spiro atoms. The molecule has 0 saturated carbocycles. The summed E-state index contributed by atoms with van der Waals surface area (Å²) in [4.78, 5) is 11.3. The summed E-state index contributed by atoms with van der Waals surface area (Å²) in [5.41, 5.74) is 0. The molecule has 11 heavy (non-hydrogen) atoms. The summed E-state index contributed by atoms with van der Waals surface area (Å²) in [6.45, 7) is 1.38. The quantitative estimate of drug-likeness (QED) is 0.691. The molecule has 1 fully saturated rings. The van der Waals surface area contributed by atoms with E-state index in [1.165, 1.54) is 0 Å². The smallest absolute Gasteiger partial charge is 0.164 e. The second kappa shape index (κ2) is 4.43. The van der Waals surface area contributed by atoms with Crippen molar-refractivity contribution < 1.29 is 9.53 Å². The number of hydrogen-bond donors (Lipinski definition) is 0. The lowest BCUT2D eigenvalue weighted by Crippen LogP contribution is -2.26. The van der Waals surface area contributed by atoms with E-state index in [1.807, 2.05) is 0 Å². The first-order valence-corrected chi connectivity index (χ1v) is 4.96. The van der Waals surface area contributed by atoms with E-state index < -0.39 is 4.29 Å². The molecule has 1 saturated heterocycles. The SMILES string of the molecule is O=C(C(Cl)Br)C1CCOCC1. The summed E-state index contributed by atoms with van der Waals surface area (Å²) in [5, 5.41) is 0. The molecule has 4 heteroatoms. The van der Waals surface area contributed by atoms with Gasteiger partial charge >= 0.3 is 0 Å². The highest BCUT2D eigenvalue weighted by molar-refractivity contribution is 9.10. The minimum Gasteiger partial charge on any atom is -0.381 e. The Balaban J connectivity index is 2.39. The van der Waals surface area contributed by atoms with Crippen LogP contribution in [0.5, 0.6) is 0 Å². The molecule has 1 atom stereocenters. The van der Waals surface area contributed by atoms with Gasteiger partial charge in [0, 0.05) is 19.1 Å². The summed E-state index contributed by atoms with van der Waals surface area (Å²) in [6.07, 6.45) is 1.63. The van der Waals surface area contributed by atoms with Crippen LogP contribution < -0.4 is 0 Å². The number of ether oxygens (including phenoxy) is 1. The molecule has 0 bridgehead atoms. The maximum atomic E-state index is 11.3. The van der Waals surface area contributed by atoms with E-state index in [9.17, 15) is 4.79 Å². The predicted molar refractivity (Wildman–Crippen MR) is 47.1 cm³/mol. The van der Waals surface area contributed by atoms with Gasteiger partial charge in [-0.2, -0.15) is 0 Å². The molecule has 1 aliphatic heterocycles. The molecular weight excluding hydrogens is 231 g/mol. The van der Waals surface area contributed by atoms with E-state index >= 15 is 0 Å². The van der Waals surface area contributed by atoms with Crippen LogP contribution in [0, 0.1) is 5.92 Å². The zero-order valence-corrected chi connectivity index (χ0v) is 8.40. The average Bonchev–Trinajstić information content (AvgIpc) is 2.05. The van der Waals surface area contributed by atoms with E-state index in [4.69, 9.17) is 16.3 Å². The highest BCUT2D eigenvalue weighted by Crippen LogP contribution is 2.21. The Hall–Kier alpha value is 0.400. The zero-order valence-electron chi connectivity index (χ0n) is 6.06. The molecule has 0 aliphatic carbocycles. The van der Waals surface area contributed by atoms with Crippen molar-refractivity contribution in [1.82, 2.24) is 0 Å². The van der Waals surface area contributed by atoms with Gasteiger partial charge in [-0.25, -0.2) is 0 Å². The van der Waals surface area contributed by atoms with Crippen LogP contribution in [0.3, 0.4) is 0 Å². The Kier molecular flexibility index (Phi) is 3.82. The molecule has 0 aromatic carbocycles. The number of Topliss-reactive ketones (excluding diaryl/α,β-unsaturated/α-hetero) is 1. The van der Waals surface area contributed by atoms with Crippen molar-refractivity contribution in [1.29, 1.82) is 0 Å². The summed E-state index contributed by atoms with van der Waals surface area (Å²) < 4.78 is 4.60. The van der Waals surface area contributed by atoms with Crippen LogP contribution in [0.4, 0.5) is 0 Å². The summed E-state index contributed by atoms with van der Waals surface area (Å²) in [5.74, 6) is 0.195. The van der Waals surface area contributed by atoms with E-state index in [-0.39, 0.29) is 11.7 Å². The molecule has 1 rings (SSSR count). The molecule has 0 aromatic rings. The Morgan fingerprint density at radius 2 is 2.09 bits per heavy atom. The average molecular weight is 242 g/mol. The minimum atomic E-state index is -0.523. The zero-order chi connectivity index (χ0) is 8.27. The van der Waals surface area contributed by atoms with Gasteiger partial charge in [0.2, 0.25) is 0 Å². The minimum absolute atomic E-state index is 0.0926. The van der Waals surface area contributed by atoms with Gasteiger partial charge in [-0.05, 0) is 12.8 Å². The number of carbonyl (C=O) groups is 1. The lowest BCUT2D eigenvalue weighted by molar-refractivity contribution is -0.123. The largest absolute Gasteiger partial charge is 0.381 e. The molecule has 1 aliphatic rings. The molecule has 0 radical (unpaired) electrons. The highest BCUT2D eigenvalue weighted by atomic mass is 79.9. The molecule has 0 aromatic heterocycles. The standard InChI is InChI=1S/C7H10BrClO2/c8-7(9)6(10)5-1-3-11-4-2-5/h5,7H,1-4H2. The fourth-order valence-electron chi connectivity index (χ4n) is 1.16. The van der Waals surface area contributed by atoms with E-state index in [1.54, 1.807) is 0 Å². The number of ketones is 1. The van der Waals surface area contributed by atoms with Crippen LogP contribution in [0.1, 0.15) is 12.8 Å². The van der Waals surface area contributed by atoms with E-state index in [0.717, 1.165) is 12.8 Å². The second-order valence-electron chi connectivity index (χ2n) is 2.59. The molecule has 0 amide bonds. The van der Waals surface area contributed by atoms with Gasteiger partial charge in [-0.15, -0.1) is 11.6 Å². The number of alkyl halides is 2. The normalized spacial score (nSPS) is 23.1. The van der Waals surface area contributed by atoms with Crippen LogP contribution in [0.25, 0.3) is 0 Å². The van der Waals surface area contributed by atoms with Crippen LogP contribution >= 0.6 is 27.5 Å². The second-order valence-corrected chi connectivity index (χ2v) is 4.47. The third-order valence-electron chi connectivity index (χ3n) is 1.84. The van der Waals surface area contributed by atoms with Crippen LogP contribution in [0.15, 0.2) is 0 Å². The van der Waals surface area contributed by atoms with Gasteiger partial charge in [0.15, 0.2) is 5.78 Å². The Morgan fingerprint density at radius 1 is 1.55 bits per heavy atom. The number of rotatable bonds is 2. The molecule has 1 heterocycles. The first kappa shape index (κ1) is 9.49. The van der Waals surface area contributed by atoms with Gasteiger partial charge in [0.25, 0.3) is 0 Å². The first-order valence-electron chi connectivity index (χ1n) is 3.61. The van der Waals surface area contributed by atoms with Crippen molar-refractivity contribution >= 4 is 33.3 Å². The van der Waals surface area contributed by atoms with Crippen LogP contribution in [-0.2, 0) is 9.53 Å². The van der Waals surface area contributed by atoms with E-state index in [0.29, 0.717) is 13.2 Å². The lowest BCUT2D eigenvalue weighted by Gasteiger charge is -2.20. The molecule has 0 N–H and O–H groups in total. The topological polar surface area (TPSA) is 26.3 Å². The third-order valence-corrected chi connectivity index (χ3v) is 2.51. The van der Waals surface area contributed by atoms with Gasteiger partial charge in [0.05, 0.1) is 0 Å². The van der Waals surface area contributed by atoms with Gasteiger partial charge in [-0.3, -0.25) is 4.79 Å². The Labute approximate surface area is 79.4 Å². The van der Waals surface area contributed by atoms with E-state index in [2.05, 4.69) is 15.9 Å². The van der Waals surface area contributed by atoms with Crippen LogP contribution in [-0.4, -0.2) is 23.3 Å². The van der Waals surface area contributed by atoms with Crippen LogP contribution in [0.2, 0.25) is 0 Å². The predicted octanol–water partition coefficient (Wildman–Crippen LogP) is 1.94. The molecule has 1 unspecified atom stereocenters. The number of halogens is 2.